The van der Waals surface area contributed by atoms with Crippen LogP contribution < -0.4 is 10.7 Å². The number of halogens is 1. The molecule has 1 unspecified atom stereocenters. The number of amides is 1. The molecule has 9 heteroatoms. The van der Waals surface area contributed by atoms with Gasteiger partial charge in [0.1, 0.15) is 17.5 Å². The summed E-state index contributed by atoms with van der Waals surface area (Å²) in [6.45, 7) is 3.05. The molecule has 3 heterocycles. The molecule has 7 nitrogen and oxygen atoms in total. The van der Waals surface area contributed by atoms with E-state index in [-0.39, 0.29) is 23.4 Å². The molecule has 0 saturated carbocycles. The zero-order valence-electron chi connectivity index (χ0n) is 21.9. The van der Waals surface area contributed by atoms with E-state index in [0.717, 1.165) is 32.4 Å². The van der Waals surface area contributed by atoms with Crippen molar-refractivity contribution in [1.82, 2.24) is 19.8 Å². The van der Waals surface area contributed by atoms with Gasteiger partial charge in [-0.15, -0.1) is 11.3 Å². The first-order valence-corrected chi connectivity index (χ1v) is 13.4. The molecule has 0 aliphatic carbocycles. The van der Waals surface area contributed by atoms with E-state index in [4.69, 9.17) is 0 Å². The van der Waals surface area contributed by atoms with Crippen LogP contribution >= 0.6 is 11.3 Å². The Labute approximate surface area is 229 Å². The second-order valence-corrected chi connectivity index (χ2v) is 10.9. The van der Waals surface area contributed by atoms with E-state index in [1.165, 1.54) is 23.5 Å². The third-order valence-corrected chi connectivity index (χ3v) is 8.08. The molecule has 0 aliphatic heterocycles. The van der Waals surface area contributed by atoms with Gasteiger partial charge in [0.15, 0.2) is 0 Å². The summed E-state index contributed by atoms with van der Waals surface area (Å²) in [5.74, 6) is -0.823. The van der Waals surface area contributed by atoms with Crippen molar-refractivity contribution < 1.29 is 14.3 Å². The number of benzene rings is 2. The number of para-hydroxylation sites is 1. The van der Waals surface area contributed by atoms with E-state index in [9.17, 15) is 19.1 Å². The van der Waals surface area contributed by atoms with Gasteiger partial charge >= 0.3 is 0 Å². The van der Waals surface area contributed by atoms with Crippen molar-refractivity contribution in [3.8, 4) is 0 Å². The van der Waals surface area contributed by atoms with Gasteiger partial charge in [0, 0.05) is 43.1 Å². The fourth-order valence-corrected chi connectivity index (χ4v) is 6.10. The summed E-state index contributed by atoms with van der Waals surface area (Å²) in [7, 11) is 3.74. The first-order valence-electron chi connectivity index (χ1n) is 12.6. The molecule has 200 valence electrons. The monoisotopic (exact) mass is 544 g/mol. The van der Waals surface area contributed by atoms with Crippen molar-refractivity contribution >= 4 is 38.4 Å². The Morgan fingerprint density at radius 1 is 1.15 bits per heavy atom. The number of nitrogens with zero attached hydrogens (tertiary/aromatic N) is 3. The van der Waals surface area contributed by atoms with Crippen LogP contribution in [0, 0.1) is 12.7 Å². The van der Waals surface area contributed by atoms with Crippen molar-refractivity contribution in [2.24, 2.45) is 7.05 Å². The summed E-state index contributed by atoms with van der Waals surface area (Å²) < 4.78 is 15.5. The van der Waals surface area contributed by atoms with Gasteiger partial charge in [-0.05, 0) is 49.4 Å². The van der Waals surface area contributed by atoms with Crippen LogP contribution in [0.15, 0.2) is 71.7 Å². The summed E-state index contributed by atoms with van der Waals surface area (Å²) in [5.41, 5.74) is 3.69. The van der Waals surface area contributed by atoms with E-state index in [0.29, 0.717) is 23.5 Å². The average Bonchev–Trinajstić information content (AvgIpc) is 3.26. The standard InChI is InChI=1S/C30H29FN4O3S/c1-18-26(17-34(2)16-25(36)24-13-10-20-6-4-5-7-23(20)33-24)39-29-27(18)35(3)15-22(28(29)37)30(38)32-14-19-8-11-21(31)12-9-19/h4-13,15,25,36H,14,16-17H2,1-3H3,(H,32,38). The number of carbonyl (C=O) groups is 1. The zero-order chi connectivity index (χ0) is 27.7. The number of carbonyl (C=O) groups excluding carboxylic acids is 1. The topological polar surface area (TPSA) is 87.5 Å². The van der Waals surface area contributed by atoms with Gasteiger partial charge < -0.3 is 15.0 Å². The number of aromatic nitrogens is 2. The normalized spacial score (nSPS) is 12.4. The van der Waals surface area contributed by atoms with Crippen LogP contribution in [-0.4, -0.2) is 39.1 Å². The van der Waals surface area contributed by atoms with Crippen LogP contribution in [0.3, 0.4) is 0 Å². The van der Waals surface area contributed by atoms with Gasteiger partial charge in [-0.2, -0.15) is 0 Å². The number of nitrogens with one attached hydrogen (secondary N) is 1. The number of pyridine rings is 2. The largest absolute Gasteiger partial charge is 0.385 e. The van der Waals surface area contributed by atoms with E-state index in [1.54, 1.807) is 18.3 Å². The van der Waals surface area contributed by atoms with Gasteiger partial charge in [-0.3, -0.25) is 19.5 Å². The first kappa shape index (κ1) is 26.7. The highest BCUT2D eigenvalue weighted by Crippen LogP contribution is 2.30. The number of rotatable bonds is 8. The highest BCUT2D eigenvalue weighted by atomic mass is 32.1. The van der Waals surface area contributed by atoms with E-state index < -0.39 is 12.0 Å². The highest BCUT2D eigenvalue weighted by Gasteiger charge is 2.21. The molecule has 0 saturated heterocycles. The number of fused-ring (bicyclic) bond motifs is 2. The maximum absolute atomic E-state index is 13.3. The Bertz CT molecular complexity index is 1730. The minimum absolute atomic E-state index is 0.0612. The number of aliphatic hydroxyl groups is 1. The molecule has 0 bridgehead atoms. The minimum Gasteiger partial charge on any atom is -0.385 e. The highest BCUT2D eigenvalue weighted by molar-refractivity contribution is 7.19. The molecule has 39 heavy (non-hydrogen) atoms. The SMILES string of the molecule is Cc1c(CN(C)CC(O)c2ccc3ccccc3n2)sc2c(=O)c(C(=O)NCc3ccc(F)cc3)cn(C)c12. The maximum atomic E-state index is 13.3. The number of hydrogen-bond donors (Lipinski definition) is 2. The second-order valence-electron chi connectivity index (χ2n) is 9.76. The molecule has 0 fully saturated rings. The Kier molecular flexibility index (Phi) is 7.56. The van der Waals surface area contributed by atoms with Crippen LogP contribution in [-0.2, 0) is 20.1 Å². The third-order valence-electron chi connectivity index (χ3n) is 6.81. The average molecular weight is 545 g/mol. The summed E-state index contributed by atoms with van der Waals surface area (Å²) >= 11 is 1.37. The smallest absolute Gasteiger partial charge is 0.257 e. The van der Waals surface area contributed by atoms with Crippen molar-refractivity contribution in [2.45, 2.75) is 26.1 Å². The number of hydrogen-bond acceptors (Lipinski definition) is 6. The van der Waals surface area contributed by atoms with Crippen LogP contribution in [0.2, 0.25) is 0 Å². The lowest BCUT2D eigenvalue weighted by atomic mass is 10.1. The summed E-state index contributed by atoms with van der Waals surface area (Å²) in [4.78, 5) is 33.8. The molecule has 0 radical (unpaired) electrons. The molecule has 1 amide bonds. The Hall–Kier alpha value is -3.92. The lowest BCUT2D eigenvalue weighted by Crippen LogP contribution is -2.29. The van der Waals surface area contributed by atoms with Gasteiger partial charge in [0.2, 0.25) is 5.43 Å². The lowest BCUT2D eigenvalue weighted by Gasteiger charge is -2.20. The van der Waals surface area contributed by atoms with Gasteiger partial charge in [0.25, 0.3) is 5.91 Å². The summed E-state index contributed by atoms with van der Waals surface area (Å²) in [6, 6.07) is 17.4. The molecule has 2 aromatic carbocycles. The molecule has 1 atom stereocenters. The molecule has 0 aliphatic rings. The van der Waals surface area contributed by atoms with E-state index >= 15 is 0 Å². The number of likely N-dealkylation sites (N-methyl/N-ethyl adjacent to an activating group) is 1. The van der Waals surface area contributed by atoms with E-state index in [1.807, 2.05) is 66.9 Å². The Morgan fingerprint density at radius 3 is 2.67 bits per heavy atom. The third kappa shape index (κ3) is 5.61. The first-order chi connectivity index (χ1) is 18.7. The molecule has 5 rings (SSSR count). The molecular weight excluding hydrogens is 515 g/mol. The molecule has 5 aromatic rings. The summed E-state index contributed by atoms with van der Waals surface area (Å²) in [5, 5.41) is 14.6. The maximum Gasteiger partial charge on any atom is 0.257 e. The van der Waals surface area contributed by atoms with Crippen molar-refractivity contribution in [2.75, 3.05) is 13.6 Å². The van der Waals surface area contributed by atoms with Gasteiger partial charge in [-0.1, -0.05) is 36.4 Å². The quantitative estimate of drug-likeness (QED) is 0.296. The molecular formula is C30H29FN4O3S. The fraction of sp³-hybridized carbons (Fsp3) is 0.233. The fourth-order valence-electron chi connectivity index (χ4n) is 4.73. The Morgan fingerprint density at radius 2 is 1.90 bits per heavy atom. The van der Waals surface area contributed by atoms with Crippen molar-refractivity contribution in [3.63, 3.8) is 0 Å². The Balaban J connectivity index is 1.32. The second kappa shape index (κ2) is 11.1. The zero-order valence-corrected chi connectivity index (χ0v) is 22.8. The predicted molar refractivity (Wildman–Crippen MR) is 152 cm³/mol. The predicted octanol–water partition coefficient (Wildman–Crippen LogP) is 4.69. The van der Waals surface area contributed by atoms with Crippen molar-refractivity contribution in [3.05, 3.63) is 110 Å². The van der Waals surface area contributed by atoms with E-state index in [2.05, 4.69) is 10.3 Å². The van der Waals surface area contributed by atoms with Crippen LogP contribution in [0.1, 0.15) is 38.2 Å². The molecule has 0 spiro atoms. The minimum atomic E-state index is -0.767. The number of aliphatic hydroxyl groups excluding tert-OH is 1. The van der Waals surface area contributed by atoms with Gasteiger partial charge in [0.05, 0.1) is 21.4 Å². The van der Waals surface area contributed by atoms with Crippen LogP contribution in [0.25, 0.3) is 21.1 Å². The molecule has 2 N–H and O–H groups in total. The summed E-state index contributed by atoms with van der Waals surface area (Å²) in [6.07, 6.45) is 0.796. The van der Waals surface area contributed by atoms with Crippen LogP contribution in [0.5, 0.6) is 0 Å². The number of thiophene rings is 1. The lowest BCUT2D eigenvalue weighted by molar-refractivity contribution is 0.0949. The van der Waals surface area contributed by atoms with Crippen LogP contribution in [0.4, 0.5) is 4.39 Å². The molecule has 3 aromatic heterocycles. The van der Waals surface area contributed by atoms with Gasteiger partial charge in [-0.25, -0.2) is 4.39 Å². The number of aryl methyl sites for hydroxylation is 2. The van der Waals surface area contributed by atoms with Crippen molar-refractivity contribution in [1.29, 1.82) is 0 Å².